The van der Waals surface area contributed by atoms with Gasteiger partial charge in [-0.05, 0) is 37.5 Å². The first-order valence-corrected chi connectivity index (χ1v) is 7.46. The van der Waals surface area contributed by atoms with Gasteiger partial charge in [0, 0.05) is 31.1 Å². The van der Waals surface area contributed by atoms with Gasteiger partial charge in [0.25, 0.3) is 0 Å². The number of rotatable bonds is 8. The zero-order valence-corrected chi connectivity index (χ0v) is 13.0. The molecule has 0 aliphatic heterocycles. The van der Waals surface area contributed by atoms with Gasteiger partial charge in [-0.2, -0.15) is 0 Å². The summed E-state index contributed by atoms with van der Waals surface area (Å²) in [6.07, 6.45) is 1.93. The van der Waals surface area contributed by atoms with E-state index in [9.17, 15) is 9.59 Å². The van der Waals surface area contributed by atoms with Crippen LogP contribution in [0.1, 0.15) is 31.7 Å². The summed E-state index contributed by atoms with van der Waals surface area (Å²) in [5.74, 6) is 0.108. The molecule has 3 amide bonds. The van der Waals surface area contributed by atoms with Gasteiger partial charge >= 0.3 is 6.03 Å². The van der Waals surface area contributed by atoms with Crippen LogP contribution in [0.5, 0.6) is 0 Å². The zero-order valence-electron chi connectivity index (χ0n) is 12.3. The summed E-state index contributed by atoms with van der Waals surface area (Å²) in [5, 5.41) is 3.18. The van der Waals surface area contributed by atoms with Crippen LogP contribution < -0.4 is 11.1 Å². The van der Waals surface area contributed by atoms with Crippen LogP contribution in [0.4, 0.5) is 4.79 Å². The number of carbonyl (C=O) groups excluding carboxylic acids is 2. The van der Waals surface area contributed by atoms with E-state index < -0.39 is 6.03 Å². The fourth-order valence-corrected chi connectivity index (χ4v) is 2.22. The van der Waals surface area contributed by atoms with Gasteiger partial charge in [0.2, 0.25) is 5.91 Å². The summed E-state index contributed by atoms with van der Waals surface area (Å²) in [4.78, 5) is 24.4. The zero-order chi connectivity index (χ0) is 15.7. The molecule has 0 saturated carbocycles. The minimum atomic E-state index is -0.530. The Balaban J connectivity index is 2.37. The van der Waals surface area contributed by atoms with Crippen molar-refractivity contribution in [3.63, 3.8) is 0 Å². The molecule has 0 bridgehead atoms. The Labute approximate surface area is 130 Å². The van der Waals surface area contributed by atoms with Crippen molar-refractivity contribution >= 4 is 23.5 Å². The van der Waals surface area contributed by atoms with Crippen LogP contribution in [-0.2, 0) is 11.3 Å². The van der Waals surface area contributed by atoms with E-state index in [1.54, 1.807) is 4.90 Å². The molecule has 6 heteroatoms. The second kappa shape index (κ2) is 9.23. The van der Waals surface area contributed by atoms with E-state index in [-0.39, 0.29) is 5.91 Å². The predicted molar refractivity (Wildman–Crippen MR) is 84.0 cm³/mol. The molecule has 0 aliphatic rings. The van der Waals surface area contributed by atoms with Crippen LogP contribution in [0.15, 0.2) is 24.3 Å². The summed E-state index contributed by atoms with van der Waals surface area (Å²) >= 11 is 5.95. The summed E-state index contributed by atoms with van der Waals surface area (Å²) in [6.45, 7) is 3.68. The first kappa shape index (κ1) is 17.3. The molecule has 5 nitrogen and oxygen atoms in total. The molecule has 0 aliphatic carbocycles. The Morgan fingerprint density at radius 2 is 2.10 bits per heavy atom. The van der Waals surface area contributed by atoms with Crippen LogP contribution in [0, 0.1) is 0 Å². The van der Waals surface area contributed by atoms with Gasteiger partial charge in [0.15, 0.2) is 0 Å². The van der Waals surface area contributed by atoms with E-state index in [1.165, 1.54) is 0 Å². The third-order valence-corrected chi connectivity index (χ3v) is 3.35. The lowest BCUT2D eigenvalue weighted by Gasteiger charge is -2.21. The number of benzene rings is 1. The van der Waals surface area contributed by atoms with E-state index in [0.717, 1.165) is 18.4 Å². The highest BCUT2D eigenvalue weighted by atomic mass is 35.5. The molecule has 21 heavy (non-hydrogen) atoms. The number of hydrogen-bond donors (Lipinski definition) is 2. The van der Waals surface area contributed by atoms with Gasteiger partial charge in [0.1, 0.15) is 0 Å². The van der Waals surface area contributed by atoms with Gasteiger partial charge < -0.3 is 16.0 Å². The SMILES string of the molecule is CCN(Cc1cccc(Cl)c1)C(=O)CCCCNC(N)=O. The monoisotopic (exact) mass is 311 g/mol. The third kappa shape index (κ3) is 6.99. The van der Waals surface area contributed by atoms with Crippen LogP contribution in [0.3, 0.4) is 0 Å². The molecule has 0 atom stereocenters. The molecule has 0 aromatic heterocycles. The van der Waals surface area contributed by atoms with Crippen molar-refractivity contribution in [2.24, 2.45) is 5.73 Å². The lowest BCUT2D eigenvalue weighted by molar-refractivity contribution is -0.131. The second-order valence-electron chi connectivity index (χ2n) is 4.79. The van der Waals surface area contributed by atoms with Gasteiger partial charge in [-0.25, -0.2) is 4.79 Å². The molecule has 0 spiro atoms. The fraction of sp³-hybridized carbons (Fsp3) is 0.467. The van der Waals surface area contributed by atoms with Gasteiger partial charge in [-0.3, -0.25) is 4.79 Å². The van der Waals surface area contributed by atoms with E-state index in [4.69, 9.17) is 17.3 Å². The largest absolute Gasteiger partial charge is 0.352 e. The van der Waals surface area contributed by atoms with E-state index in [0.29, 0.717) is 31.1 Å². The van der Waals surface area contributed by atoms with Crippen molar-refractivity contribution in [3.8, 4) is 0 Å². The van der Waals surface area contributed by atoms with Crippen molar-refractivity contribution in [1.29, 1.82) is 0 Å². The van der Waals surface area contributed by atoms with Gasteiger partial charge in [0.05, 0.1) is 0 Å². The molecule has 0 radical (unpaired) electrons. The molecule has 1 aromatic carbocycles. The number of primary amides is 1. The topological polar surface area (TPSA) is 75.4 Å². The third-order valence-electron chi connectivity index (χ3n) is 3.11. The summed E-state index contributed by atoms with van der Waals surface area (Å²) in [7, 11) is 0. The second-order valence-corrected chi connectivity index (χ2v) is 5.22. The van der Waals surface area contributed by atoms with Crippen molar-refractivity contribution in [2.45, 2.75) is 32.7 Å². The van der Waals surface area contributed by atoms with Gasteiger partial charge in [-0.1, -0.05) is 23.7 Å². The standard InChI is InChI=1S/C15H22ClN3O2/c1-2-19(11-12-6-5-7-13(16)10-12)14(20)8-3-4-9-18-15(17)21/h5-7,10H,2-4,8-9,11H2,1H3,(H3,17,18,21). The molecule has 116 valence electrons. The molecule has 0 unspecified atom stereocenters. The van der Waals surface area contributed by atoms with Gasteiger partial charge in [-0.15, -0.1) is 0 Å². The first-order chi connectivity index (χ1) is 10.0. The van der Waals surface area contributed by atoms with Crippen molar-refractivity contribution in [3.05, 3.63) is 34.9 Å². The normalized spacial score (nSPS) is 10.2. The number of nitrogens with two attached hydrogens (primary N) is 1. The summed E-state index contributed by atoms with van der Waals surface area (Å²) in [5.41, 5.74) is 5.99. The highest BCUT2D eigenvalue weighted by Gasteiger charge is 2.11. The number of nitrogens with one attached hydrogen (secondary N) is 1. The molecule has 3 N–H and O–H groups in total. The number of carbonyl (C=O) groups is 2. The Morgan fingerprint density at radius 3 is 2.71 bits per heavy atom. The average molecular weight is 312 g/mol. The Hall–Kier alpha value is -1.75. The summed E-state index contributed by atoms with van der Waals surface area (Å²) < 4.78 is 0. The maximum absolute atomic E-state index is 12.1. The number of halogens is 1. The van der Waals surface area contributed by atoms with E-state index in [1.807, 2.05) is 31.2 Å². The molecular formula is C15H22ClN3O2. The van der Waals surface area contributed by atoms with Crippen LogP contribution >= 0.6 is 11.6 Å². The quantitative estimate of drug-likeness (QED) is 0.724. The Kier molecular flexibility index (Phi) is 7.61. The maximum atomic E-state index is 12.1. The smallest absolute Gasteiger partial charge is 0.312 e. The van der Waals surface area contributed by atoms with Crippen LogP contribution in [0.2, 0.25) is 5.02 Å². The van der Waals surface area contributed by atoms with E-state index >= 15 is 0 Å². The van der Waals surface area contributed by atoms with Crippen molar-refractivity contribution in [2.75, 3.05) is 13.1 Å². The number of unbranched alkanes of at least 4 members (excludes halogenated alkanes) is 1. The highest BCUT2D eigenvalue weighted by Crippen LogP contribution is 2.13. The van der Waals surface area contributed by atoms with E-state index in [2.05, 4.69) is 5.32 Å². The predicted octanol–water partition coefficient (Wildman–Crippen LogP) is 2.53. The first-order valence-electron chi connectivity index (χ1n) is 7.08. The number of nitrogens with zero attached hydrogens (tertiary/aromatic N) is 1. The average Bonchev–Trinajstić information content (AvgIpc) is 2.44. The highest BCUT2D eigenvalue weighted by molar-refractivity contribution is 6.30. The summed E-state index contributed by atoms with van der Waals surface area (Å²) in [6, 6.07) is 6.99. The number of hydrogen-bond acceptors (Lipinski definition) is 2. The molecular weight excluding hydrogens is 290 g/mol. The number of amides is 3. The lowest BCUT2D eigenvalue weighted by Crippen LogP contribution is -2.31. The molecule has 0 saturated heterocycles. The minimum Gasteiger partial charge on any atom is -0.352 e. The maximum Gasteiger partial charge on any atom is 0.312 e. The van der Waals surface area contributed by atoms with Crippen LogP contribution in [0.25, 0.3) is 0 Å². The van der Waals surface area contributed by atoms with Crippen molar-refractivity contribution < 1.29 is 9.59 Å². The lowest BCUT2D eigenvalue weighted by atomic mass is 10.2. The number of urea groups is 1. The molecule has 0 fully saturated rings. The Bertz CT molecular complexity index is 480. The molecule has 0 heterocycles. The Morgan fingerprint density at radius 1 is 1.33 bits per heavy atom. The minimum absolute atomic E-state index is 0.108. The molecule has 1 aromatic rings. The van der Waals surface area contributed by atoms with Crippen molar-refractivity contribution in [1.82, 2.24) is 10.2 Å². The fourth-order valence-electron chi connectivity index (χ4n) is 2.00. The van der Waals surface area contributed by atoms with Crippen LogP contribution in [-0.4, -0.2) is 29.9 Å². The molecule has 1 rings (SSSR count).